The molecule has 3 heteroatoms. The van der Waals surface area contributed by atoms with E-state index in [1.165, 1.54) is 6.42 Å². The summed E-state index contributed by atoms with van der Waals surface area (Å²) >= 11 is 0. The summed E-state index contributed by atoms with van der Waals surface area (Å²) in [6.07, 6.45) is 6.12. The van der Waals surface area contributed by atoms with Crippen LogP contribution in [0.1, 0.15) is 33.6 Å². The highest BCUT2D eigenvalue weighted by atomic mass is 16.5. The van der Waals surface area contributed by atoms with Crippen molar-refractivity contribution in [3.8, 4) is 6.07 Å². The summed E-state index contributed by atoms with van der Waals surface area (Å²) < 4.78 is 4.88. The van der Waals surface area contributed by atoms with Crippen LogP contribution in [0.25, 0.3) is 0 Å². The number of fused-ring (bicyclic) bond motifs is 1. The zero-order valence-electron chi connectivity index (χ0n) is 11.2. The van der Waals surface area contributed by atoms with Crippen molar-refractivity contribution in [1.29, 1.82) is 5.26 Å². The number of nitrogens with zero attached hydrogens (tertiary/aromatic N) is 1. The zero-order chi connectivity index (χ0) is 13.3. The van der Waals surface area contributed by atoms with E-state index in [0.717, 1.165) is 17.9 Å². The first-order valence-electron chi connectivity index (χ1n) is 6.49. The molecule has 2 atom stereocenters. The minimum absolute atomic E-state index is 0.115. The Bertz CT molecular complexity index is 465. The van der Waals surface area contributed by atoms with Gasteiger partial charge in [-0.3, -0.25) is 0 Å². The average Bonchev–Trinajstić information content (AvgIpc) is 2.36. The zero-order valence-corrected chi connectivity index (χ0v) is 11.2. The fraction of sp³-hybridized carbons (Fsp3) is 0.600. The van der Waals surface area contributed by atoms with Gasteiger partial charge in [0.05, 0.1) is 6.61 Å². The Morgan fingerprint density at radius 1 is 1.67 bits per heavy atom. The number of rotatable bonds is 3. The number of allylic oxidation sites excluding steroid dienone is 3. The first-order valence-corrected chi connectivity index (χ1v) is 6.49. The Morgan fingerprint density at radius 2 is 2.39 bits per heavy atom. The van der Waals surface area contributed by atoms with Gasteiger partial charge in [0, 0.05) is 0 Å². The Kier molecular flexibility index (Phi) is 3.30. The number of carbonyl (C=O) groups excluding carboxylic acids is 1. The van der Waals surface area contributed by atoms with Gasteiger partial charge in [-0.05, 0) is 48.7 Å². The van der Waals surface area contributed by atoms with E-state index in [-0.39, 0.29) is 5.57 Å². The summed E-state index contributed by atoms with van der Waals surface area (Å²) in [7, 11) is 0. The molecular formula is C15H19NO2. The summed E-state index contributed by atoms with van der Waals surface area (Å²) in [6.45, 7) is 6.58. The molecular weight excluding hydrogens is 226 g/mol. The summed E-state index contributed by atoms with van der Waals surface area (Å²) in [5.74, 6) is 0.724. The monoisotopic (exact) mass is 245 g/mol. The molecule has 2 bridgehead atoms. The topological polar surface area (TPSA) is 50.1 Å². The first-order chi connectivity index (χ1) is 8.50. The lowest BCUT2D eigenvalue weighted by Gasteiger charge is -2.56. The Hall–Kier alpha value is -1.56. The fourth-order valence-electron chi connectivity index (χ4n) is 3.07. The van der Waals surface area contributed by atoms with Gasteiger partial charge < -0.3 is 4.74 Å². The maximum atomic E-state index is 11.6. The van der Waals surface area contributed by atoms with Gasteiger partial charge in [-0.15, -0.1) is 0 Å². The number of hydrogen-bond donors (Lipinski definition) is 0. The number of nitriles is 1. The molecule has 3 nitrogen and oxygen atoms in total. The molecule has 0 unspecified atom stereocenters. The molecule has 3 aliphatic rings. The van der Waals surface area contributed by atoms with Gasteiger partial charge in [-0.2, -0.15) is 5.26 Å². The number of esters is 1. The molecule has 0 saturated heterocycles. The van der Waals surface area contributed by atoms with Crippen molar-refractivity contribution in [1.82, 2.24) is 0 Å². The van der Waals surface area contributed by atoms with Crippen LogP contribution in [-0.2, 0) is 9.53 Å². The molecule has 1 fully saturated rings. The molecule has 0 aromatic heterocycles. The molecule has 96 valence electrons. The second-order valence-electron chi connectivity index (χ2n) is 5.64. The van der Waals surface area contributed by atoms with E-state index in [1.54, 1.807) is 13.0 Å². The quantitative estimate of drug-likeness (QED) is 0.436. The van der Waals surface area contributed by atoms with Gasteiger partial charge in [0.15, 0.2) is 0 Å². The van der Waals surface area contributed by atoms with Crippen molar-refractivity contribution < 1.29 is 9.53 Å². The van der Waals surface area contributed by atoms with E-state index >= 15 is 0 Å². The Labute approximate surface area is 108 Å². The van der Waals surface area contributed by atoms with E-state index in [9.17, 15) is 4.79 Å². The second-order valence-corrected chi connectivity index (χ2v) is 5.64. The lowest BCUT2D eigenvalue weighted by atomic mass is 9.49. The third-order valence-corrected chi connectivity index (χ3v) is 4.44. The van der Waals surface area contributed by atoms with Gasteiger partial charge in [0.25, 0.3) is 0 Å². The average molecular weight is 245 g/mol. The van der Waals surface area contributed by atoms with Crippen LogP contribution in [0.15, 0.2) is 23.3 Å². The summed E-state index contributed by atoms with van der Waals surface area (Å²) in [6, 6.07) is 1.94. The van der Waals surface area contributed by atoms with Crippen LogP contribution in [0, 0.1) is 28.6 Å². The van der Waals surface area contributed by atoms with E-state index in [4.69, 9.17) is 10.00 Å². The third-order valence-electron chi connectivity index (χ3n) is 4.44. The SMILES string of the molecule is CCOC(=O)/C(C#N)=C\C1=CC[C@H]2C[C@@H]1C2(C)C. The van der Waals surface area contributed by atoms with Crippen molar-refractivity contribution >= 4 is 5.97 Å². The maximum absolute atomic E-state index is 11.6. The van der Waals surface area contributed by atoms with Crippen molar-refractivity contribution in [2.24, 2.45) is 17.3 Å². The van der Waals surface area contributed by atoms with Crippen LogP contribution in [0.5, 0.6) is 0 Å². The summed E-state index contributed by atoms with van der Waals surface area (Å²) in [5.41, 5.74) is 1.55. The number of carbonyl (C=O) groups is 1. The molecule has 0 heterocycles. The Morgan fingerprint density at radius 3 is 2.89 bits per heavy atom. The molecule has 0 aromatic carbocycles. The van der Waals surface area contributed by atoms with Gasteiger partial charge >= 0.3 is 5.97 Å². The summed E-state index contributed by atoms with van der Waals surface area (Å²) in [4.78, 5) is 11.6. The van der Waals surface area contributed by atoms with Crippen molar-refractivity contribution in [3.05, 3.63) is 23.3 Å². The molecule has 0 aromatic rings. The molecule has 0 radical (unpaired) electrons. The number of ether oxygens (including phenoxy) is 1. The molecule has 1 saturated carbocycles. The number of hydrogen-bond acceptors (Lipinski definition) is 3. The minimum Gasteiger partial charge on any atom is -0.462 e. The van der Waals surface area contributed by atoms with Crippen molar-refractivity contribution in [2.75, 3.05) is 6.61 Å². The van der Waals surface area contributed by atoms with Crippen molar-refractivity contribution in [2.45, 2.75) is 33.6 Å². The van der Waals surface area contributed by atoms with E-state index in [1.807, 2.05) is 6.07 Å². The molecule has 3 aliphatic carbocycles. The van der Waals surface area contributed by atoms with E-state index < -0.39 is 5.97 Å². The molecule has 0 spiro atoms. The lowest BCUT2D eigenvalue weighted by molar-refractivity contribution is -0.138. The molecule has 18 heavy (non-hydrogen) atoms. The largest absolute Gasteiger partial charge is 0.462 e. The van der Waals surface area contributed by atoms with Gasteiger partial charge in [0.2, 0.25) is 0 Å². The highest BCUT2D eigenvalue weighted by molar-refractivity contribution is 5.93. The van der Waals surface area contributed by atoms with Crippen LogP contribution >= 0.6 is 0 Å². The van der Waals surface area contributed by atoms with Crippen LogP contribution in [-0.4, -0.2) is 12.6 Å². The fourth-order valence-corrected chi connectivity index (χ4v) is 3.07. The second kappa shape index (κ2) is 4.61. The summed E-state index contributed by atoms with van der Waals surface area (Å²) in [5, 5.41) is 9.04. The predicted octanol–water partition coefficient (Wildman–Crippen LogP) is 2.99. The van der Waals surface area contributed by atoms with Gasteiger partial charge in [-0.25, -0.2) is 4.79 Å². The highest BCUT2D eigenvalue weighted by Crippen LogP contribution is 2.59. The lowest BCUT2D eigenvalue weighted by Crippen LogP contribution is -2.47. The van der Waals surface area contributed by atoms with E-state index in [2.05, 4.69) is 19.9 Å². The molecule has 0 N–H and O–H groups in total. The van der Waals surface area contributed by atoms with Gasteiger partial charge in [0.1, 0.15) is 11.6 Å². The van der Waals surface area contributed by atoms with Crippen LogP contribution < -0.4 is 0 Å². The first kappa shape index (κ1) is 12.9. The predicted molar refractivity (Wildman–Crippen MR) is 68.4 cm³/mol. The van der Waals surface area contributed by atoms with Crippen LogP contribution in [0.4, 0.5) is 0 Å². The molecule has 0 aliphatic heterocycles. The van der Waals surface area contributed by atoms with Crippen molar-refractivity contribution in [3.63, 3.8) is 0 Å². The molecule has 0 amide bonds. The van der Waals surface area contributed by atoms with Crippen LogP contribution in [0.2, 0.25) is 0 Å². The normalized spacial score (nSPS) is 28.8. The van der Waals surface area contributed by atoms with Gasteiger partial charge in [-0.1, -0.05) is 19.9 Å². The smallest absolute Gasteiger partial charge is 0.348 e. The minimum atomic E-state index is -0.514. The third kappa shape index (κ3) is 1.96. The molecule has 3 rings (SSSR count). The standard InChI is InChI=1S/C15H19NO2/c1-4-18-14(17)11(9-16)7-10-5-6-12-8-13(10)15(12,2)3/h5,7,12-13H,4,6,8H2,1-3H3/b11-7-/t12-,13-/m0/s1. The Balaban J connectivity index is 2.20. The van der Waals surface area contributed by atoms with Crippen LogP contribution in [0.3, 0.4) is 0 Å². The maximum Gasteiger partial charge on any atom is 0.348 e. The van der Waals surface area contributed by atoms with E-state index in [0.29, 0.717) is 17.9 Å². The highest BCUT2D eigenvalue weighted by Gasteiger charge is 2.50.